The van der Waals surface area contributed by atoms with Gasteiger partial charge < -0.3 is 20.9 Å². The predicted octanol–water partition coefficient (Wildman–Crippen LogP) is 2.25. The normalized spacial score (nSPS) is 10.2. The molecule has 20 heavy (non-hydrogen) atoms. The molecule has 2 rings (SSSR count). The Labute approximate surface area is 116 Å². The van der Waals surface area contributed by atoms with Crippen molar-refractivity contribution in [3.8, 4) is 0 Å². The Morgan fingerprint density at radius 3 is 2.80 bits per heavy atom. The number of nitrogens with two attached hydrogens (primary N) is 1. The summed E-state index contributed by atoms with van der Waals surface area (Å²) in [6, 6.07) is 10.4. The van der Waals surface area contributed by atoms with E-state index >= 15 is 0 Å². The summed E-state index contributed by atoms with van der Waals surface area (Å²) in [5.74, 6) is -0.785. The van der Waals surface area contributed by atoms with Gasteiger partial charge in [0.1, 0.15) is 0 Å². The lowest BCUT2D eigenvalue weighted by atomic mass is 10.2. The van der Waals surface area contributed by atoms with Crippen molar-refractivity contribution in [1.82, 2.24) is 4.98 Å². The molecule has 0 radical (unpaired) electrons. The van der Waals surface area contributed by atoms with Gasteiger partial charge in [-0.1, -0.05) is 18.2 Å². The molecule has 0 aliphatic carbocycles. The number of aromatic carboxylic acids is 1. The smallest absolute Gasteiger partial charge is 0.354 e. The first-order valence-electron chi connectivity index (χ1n) is 5.95. The van der Waals surface area contributed by atoms with Gasteiger partial charge in [0, 0.05) is 18.4 Å². The first-order chi connectivity index (χ1) is 9.61. The van der Waals surface area contributed by atoms with Gasteiger partial charge >= 0.3 is 5.97 Å². The second-order valence-electron chi connectivity index (χ2n) is 4.15. The molecule has 0 aliphatic rings. The van der Waals surface area contributed by atoms with E-state index in [1.807, 2.05) is 24.3 Å². The minimum atomic E-state index is -1.10. The summed E-state index contributed by atoms with van der Waals surface area (Å²) in [5.41, 5.74) is 7.83. The molecule has 0 spiro atoms. The summed E-state index contributed by atoms with van der Waals surface area (Å²) >= 11 is 0. The van der Waals surface area contributed by atoms with Gasteiger partial charge in [0.15, 0.2) is 11.5 Å². The third kappa shape index (κ3) is 3.04. The number of nitrogens with zero attached hydrogens (tertiary/aromatic N) is 1. The van der Waals surface area contributed by atoms with E-state index in [9.17, 15) is 4.79 Å². The molecule has 104 valence electrons. The van der Waals surface area contributed by atoms with Gasteiger partial charge in [-0.2, -0.15) is 0 Å². The highest BCUT2D eigenvalue weighted by Crippen LogP contribution is 2.24. The number of nitrogens with one attached hydrogen (secondary N) is 1. The predicted molar refractivity (Wildman–Crippen MR) is 76.0 cm³/mol. The fourth-order valence-corrected chi connectivity index (χ4v) is 1.74. The van der Waals surface area contributed by atoms with E-state index < -0.39 is 5.97 Å². The SMILES string of the molecule is COCc1ccccc1Nc1nc(C(=O)O)ccc1N. The molecule has 6 heteroatoms. The zero-order valence-electron chi connectivity index (χ0n) is 11.0. The first kappa shape index (κ1) is 13.8. The minimum Gasteiger partial charge on any atom is -0.477 e. The van der Waals surface area contributed by atoms with Gasteiger partial charge in [0.25, 0.3) is 0 Å². The van der Waals surface area contributed by atoms with Gasteiger partial charge in [-0.25, -0.2) is 9.78 Å². The number of carboxylic acid groups (broad SMARTS) is 1. The van der Waals surface area contributed by atoms with Crippen LogP contribution in [0.3, 0.4) is 0 Å². The van der Waals surface area contributed by atoms with Crippen LogP contribution in [0.25, 0.3) is 0 Å². The van der Waals surface area contributed by atoms with E-state index in [1.165, 1.54) is 12.1 Å². The quantitative estimate of drug-likeness (QED) is 0.773. The Balaban J connectivity index is 2.34. The first-order valence-corrected chi connectivity index (χ1v) is 5.95. The molecule has 4 N–H and O–H groups in total. The molecular weight excluding hydrogens is 258 g/mol. The van der Waals surface area contributed by atoms with Crippen LogP contribution in [-0.4, -0.2) is 23.2 Å². The monoisotopic (exact) mass is 273 g/mol. The number of ether oxygens (including phenoxy) is 1. The number of nitrogen functional groups attached to an aromatic ring is 1. The van der Waals surface area contributed by atoms with Crippen LogP contribution in [0.15, 0.2) is 36.4 Å². The van der Waals surface area contributed by atoms with Crippen LogP contribution in [0.2, 0.25) is 0 Å². The van der Waals surface area contributed by atoms with Crippen LogP contribution in [0, 0.1) is 0 Å². The number of aromatic nitrogens is 1. The lowest BCUT2D eigenvalue weighted by Gasteiger charge is -2.12. The molecule has 0 amide bonds. The largest absolute Gasteiger partial charge is 0.477 e. The molecule has 6 nitrogen and oxygen atoms in total. The van der Waals surface area contributed by atoms with E-state index in [-0.39, 0.29) is 5.69 Å². The summed E-state index contributed by atoms with van der Waals surface area (Å²) in [4.78, 5) is 14.9. The third-order valence-electron chi connectivity index (χ3n) is 2.72. The standard InChI is InChI=1S/C14H15N3O3/c1-20-8-9-4-2-3-5-11(9)16-13-10(15)6-7-12(17-13)14(18)19/h2-7H,8,15H2,1H3,(H,16,17)(H,18,19). The van der Waals surface area contributed by atoms with E-state index in [0.717, 1.165) is 11.3 Å². The van der Waals surface area contributed by atoms with Crippen LogP contribution in [-0.2, 0) is 11.3 Å². The Bertz CT molecular complexity index is 629. The Kier molecular flexibility index (Phi) is 4.17. The van der Waals surface area contributed by atoms with E-state index in [2.05, 4.69) is 10.3 Å². The van der Waals surface area contributed by atoms with Crippen molar-refractivity contribution in [2.24, 2.45) is 0 Å². The number of hydrogen-bond donors (Lipinski definition) is 3. The molecule has 0 saturated heterocycles. The number of hydrogen-bond acceptors (Lipinski definition) is 5. The summed E-state index contributed by atoms with van der Waals surface area (Å²) < 4.78 is 5.11. The van der Waals surface area contributed by atoms with Crippen molar-refractivity contribution in [2.45, 2.75) is 6.61 Å². The molecule has 0 fully saturated rings. The summed E-state index contributed by atoms with van der Waals surface area (Å²) in [5, 5.41) is 12.0. The molecule has 1 aromatic carbocycles. The third-order valence-corrected chi connectivity index (χ3v) is 2.72. The molecule has 1 aromatic heterocycles. The van der Waals surface area contributed by atoms with Gasteiger partial charge in [-0.3, -0.25) is 0 Å². The van der Waals surface area contributed by atoms with Gasteiger partial charge in [0.05, 0.1) is 12.3 Å². The number of para-hydroxylation sites is 1. The number of pyridine rings is 1. The fraction of sp³-hybridized carbons (Fsp3) is 0.143. The van der Waals surface area contributed by atoms with Crippen LogP contribution >= 0.6 is 0 Å². The fourth-order valence-electron chi connectivity index (χ4n) is 1.74. The molecule has 2 aromatic rings. The lowest BCUT2D eigenvalue weighted by molar-refractivity contribution is 0.0690. The summed E-state index contributed by atoms with van der Waals surface area (Å²) in [6.45, 7) is 0.432. The van der Waals surface area contributed by atoms with Crippen molar-refractivity contribution in [2.75, 3.05) is 18.2 Å². The Morgan fingerprint density at radius 1 is 1.35 bits per heavy atom. The van der Waals surface area contributed by atoms with Crippen molar-refractivity contribution in [3.05, 3.63) is 47.7 Å². The van der Waals surface area contributed by atoms with Crippen molar-refractivity contribution >= 4 is 23.2 Å². The van der Waals surface area contributed by atoms with Gasteiger partial charge in [-0.15, -0.1) is 0 Å². The zero-order valence-corrected chi connectivity index (χ0v) is 11.0. The maximum atomic E-state index is 10.9. The highest BCUT2D eigenvalue weighted by molar-refractivity contribution is 5.87. The molecule has 0 atom stereocenters. The maximum Gasteiger partial charge on any atom is 0.354 e. The minimum absolute atomic E-state index is 0.0640. The number of methoxy groups -OCH3 is 1. The molecule has 1 heterocycles. The Hall–Kier alpha value is -2.60. The second-order valence-corrected chi connectivity index (χ2v) is 4.15. The molecule has 0 unspecified atom stereocenters. The van der Waals surface area contributed by atoms with Crippen molar-refractivity contribution < 1.29 is 14.6 Å². The van der Waals surface area contributed by atoms with Gasteiger partial charge in [0.2, 0.25) is 0 Å². The number of carbonyl (C=O) groups is 1. The highest BCUT2D eigenvalue weighted by Gasteiger charge is 2.10. The average Bonchev–Trinajstić information content (AvgIpc) is 2.43. The van der Waals surface area contributed by atoms with Crippen molar-refractivity contribution in [3.63, 3.8) is 0 Å². The summed E-state index contributed by atoms with van der Waals surface area (Å²) in [7, 11) is 1.61. The molecule has 0 aliphatic heterocycles. The van der Waals surface area contributed by atoms with Gasteiger partial charge in [-0.05, 0) is 18.2 Å². The molecule has 0 bridgehead atoms. The number of anilines is 3. The lowest BCUT2D eigenvalue weighted by Crippen LogP contribution is -2.07. The van der Waals surface area contributed by atoms with E-state index in [0.29, 0.717) is 18.1 Å². The highest BCUT2D eigenvalue weighted by atomic mass is 16.5. The maximum absolute atomic E-state index is 10.9. The van der Waals surface area contributed by atoms with E-state index in [1.54, 1.807) is 7.11 Å². The van der Waals surface area contributed by atoms with E-state index in [4.69, 9.17) is 15.6 Å². The van der Waals surface area contributed by atoms with Crippen LogP contribution in [0.1, 0.15) is 16.1 Å². The Morgan fingerprint density at radius 2 is 2.10 bits per heavy atom. The molecular formula is C14H15N3O3. The van der Waals surface area contributed by atoms with Crippen molar-refractivity contribution in [1.29, 1.82) is 0 Å². The number of rotatable bonds is 5. The average molecular weight is 273 g/mol. The number of carboxylic acids is 1. The molecule has 0 saturated carbocycles. The zero-order chi connectivity index (χ0) is 14.5. The van der Waals surface area contributed by atoms with Crippen LogP contribution in [0.4, 0.5) is 17.2 Å². The number of benzene rings is 1. The van der Waals surface area contributed by atoms with Crippen LogP contribution in [0.5, 0.6) is 0 Å². The topological polar surface area (TPSA) is 97.5 Å². The second kappa shape index (κ2) is 6.03. The summed E-state index contributed by atoms with van der Waals surface area (Å²) in [6.07, 6.45) is 0. The van der Waals surface area contributed by atoms with Crippen LogP contribution < -0.4 is 11.1 Å².